The molecule has 1 unspecified atom stereocenters. The number of para-hydroxylation sites is 1. The summed E-state index contributed by atoms with van der Waals surface area (Å²) < 4.78 is 5.49. The molecule has 1 aliphatic rings. The summed E-state index contributed by atoms with van der Waals surface area (Å²) in [7, 11) is 0. The fourth-order valence-corrected chi connectivity index (χ4v) is 3.73. The maximum absolute atomic E-state index is 12.4. The Hall–Kier alpha value is -3.02. The molecule has 3 rings (SSSR count). The van der Waals surface area contributed by atoms with Gasteiger partial charge in [-0.2, -0.15) is 0 Å². The van der Waals surface area contributed by atoms with E-state index in [4.69, 9.17) is 10.5 Å². The van der Waals surface area contributed by atoms with Crippen LogP contribution in [0.15, 0.2) is 42.5 Å². The van der Waals surface area contributed by atoms with Crippen LogP contribution in [0.25, 0.3) is 0 Å². The Bertz CT molecular complexity index is 866. The summed E-state index contributed by atoms with van der Waals surface area (Å²) in [6.45, 7) is 2.82. The van der Waals surface area contributed by atoms with Crippen LogP contribution >= 0.6 is 0 Å². The molecule has 0 aromatic heterocycles. The number of amides is 2. The molecule has 6 nitrogen and oxygen atoms in total. The normalized spacial score (nSPS) is 15.3. The highest BCUT2D eigenvalue weighted by Gasteiger charge is 2.21. The number of fused-ring (bicyclic) bond motifs is 1. The third-order valence-electron chi connectivity index (χ3n) is 5.11. The van der Waals surface area contributed by atoms with Crippen molar-refractivity contribution < 1.29 is 14.3 Å². The van der Waals surface area contributed by atoms with Gasteiger partial charge in [0.1, 0.15) is 5.75 Å². The van der Waals surface area contributed by atoms with E-state index in [1.165, 1.54) is 11.1 Å². The lowest BCUT2D eigenvalue weighted by Gasteiger charge is -2.26. The van der Waals surface area contributed by atoms with Crippen LogP contribution in [0.5, 0.6) is 5.75 Å². The summed E-state index contributed by atoms with van der Waals surface area (Å²) in [6, 6.07) is 13.1. The molecular weight excluding hydrogens is 366 g/mol. The van der Waals surface area contributed by atoms with E-state index in [9.17, 15) is 9.59 Å². The van der Waals surface area contributed by atoms with Gasteiger partial charge in [0.25, 0.3) is 5.91 Å². The predicted octanol–water partition coefficient (Wildman–Crippen LogP) is 3.37. The Kier molecular flexibility index (Phi) is 7.11. The first-order valence-corrected chi connectivity index (χ1v) is 10.3. The second-order valence-electron chi connectivity index (χ2n) is 7.26. The molecule has 2 aromatic carbocycles. The lowest BCUT2D eigenvalue weighted by molar-refractivity contribution is -0.122. The van der Waals surface area contributed by atoms with Crippen molar-refractivity contribution in [2.24, 2.45) is 0 Å². The average Bonchev–Trinajstić information content (AvgIpc) is 2.71. The van der Waals surface area contributed by atoms with Gasteiger partial charge in [0.05, 0.1) is 18.2 Å². The van der Waals surface area contributed by atoms with E-state index >= 15 is 0 Å². The lowest BCUT2D eigenvalue weighted by Crippen LogP contribution is -2.32. The fourth-order valence-electron chi connectivity index (χ4n) is 3.73. The van der Waals surface area contributed by atoms with Crippen molar-refractivity contribution >= 4 is 17.5 Å². The van der Waals surface area contributed by atoms with Crippen LogP contribution < -0.4 is 21.1 Å². The smallest absolute Gasteiger partial charge is 0.255 e. The van der Waals surface area contributed by atoms with E-state index < -0.39 is 0 Å². The summed E-state index contributed by atoms with van der Waals surface area (Å²) >= 11 is 0. The zero-order valence-electron chi connectivity index (χ0n) is 16.9. The number of hydrogen-bond acceptors (Lipinski definition) is 4. The molecule has 0 fully saturated rings. The predicted molar refractivity (Wildman–Crippen MR) is 114 cm³/mol. The Morgan fingerprint density at radius 2 is 2.03 bits per heavy atom. The van der Waals surface area contributed by atoms with Crippen molar-refractivity contribution in [1.82, 2.24) is 10.6 Å². The molecule has 0 saturated carbocycles. The zero-order chi connectivity index (χ0) is 20.6. The summed E-state index contributed by atoms with van der Waals surface area (Å²) in [5.74, 6) is 0.388. The van der Waals surface area contributed by atoms with E-state index in [0.29, 0.717) is 37.3 Å². The van der Waals surface area contributed by atoms with Gasteiger partial charge in [-0.15, -0.1) is 0 Å². The van der Waals surface area contributed by atoms with Crippen LogP contribution in [-0.2, 0) is 11.2 Å². The molecule has 0 spiro atoms. The van der Waals surface area contributed by atoms with Gasteiger partial charge in [0.2, 0.25) is 5.91 Å². The first-order valence-electron chi connectivity index (χ1n) is 10.3. The monoisotopic (exact) mass is 395 g/mol. The van der Waals surface area contributed by atoms with Crippen LogP contribution in [0.1, 0.15) is 60.1 Å². The molecule has 0 radical (unpaired) electrons. The number of rotatable bonds is 8. The Morgan fingerprint density at radius 1 is 1.21 bits per heavy atom. The third-order valence-corrected chi connectivity index (χ3v) is 5.11. The van der Waals surface area contributed by atoms with E-state index in [-0.39, 0.29) is 17.9 Å². The summed E-state index contributed by atoms with van der Waals surface area (Å²) in [5.41, 5.74) is 9.54. The summed E-state index contributed by atoms with van der Waals surface area (Å²) in [4.78, 5) is 24.7. The molecule has 0 bridgehead atoms. The molecule has 154 valence electrons. The van der Waals surface area contributed by atoms with Gasteiger partial charge in [-0.1, -0.05) is 18.2 Å². The molecule has 4 N–H and O–H groups in total. The Morgan fingerprint density at radius 3 is 2.86 bits per heavy atom. The zero-order valence-corrected chi connectivity index (χ0v) is 16.9. The maximum Gasteiger partial charge on any atom is 0.255 e. The molecule has 1 aliphatic carbocycles. The standard InChI is InChI=1S/C23H29N3O3/c1-2-29-21-10-4-3-8-19(21)23(28)25-14-6-11-22(27)26-20-9-5-7-16-15-17(24)12-13-18(16)20/h3-4,8,10,12-13,15,20H,2,5-7,9,11,14,24H2,1H3,(H,25,28)(H,26,27). The third kappa shape index (κ3) is 5.50. The highest BCUT2D eigenvalue weighted by molar-refractivity contribution is 5.96. The molecule has 6 heteroatoms. The van der Waals surface area contributed by atoms with Gasteiger partial charge >= 0.3 is 0 Å². The van der Waals surface area contributed by atoms with Crippen LogP contribution in [0.2, 0.25) is 0 Å². The highest BCUT2D eigenvalue weighted by Crippen LogP contribution is 2.31. The number of ether oxygens (including phenoxy) is 1. The number of anilines is 1. The van der Waals surface area contributed by atoms with Crippen molar-refractivity contribution in [3.05, 3.63) is 59.2 Å². The topological polar surface area (TPSA) is 93.4 Å². The number of nitrogen functional groups attached to an aromatic ring is 1. The van der Waals surface area contributed by atoms with Crippen molar-refractivity contribution in [2.75, 3.05) is 18.9 Å². The van der Waals surface area contributed by atoms with Crippen molar-refractivity contribution in [2.45, 2.75) is 45.1 Å². The van der Waals surface area contributed by atoms with Crippen LogP contribution in [0.3, 0.4) is 0 Å². The lowest BCUT2D eigenvalue weighted by atomic mass is 9.87. The van der Waals surface area contributed by atoms with Gasteiger partial charge in [-0.05, 0) is 68.0 Å². The minimum atomic E-state index is -0.187. The maximum atomic E-state index is 12.4. The van der Waals surface area contributed by atoms with Gasteiger partial charge in [0.15, 0.2) is 0 Å². The van der Waals surface area contributed by atoms with Crippen molar-refractivity contribution in [1.29, 1.82) is 0 Å². The van der Waals surface area contributed by atoms with Gasteiger partial charge < -0.3 is 21.1 Å². The number of nitrogens with two attached hydrogens (primary N) is 1. The van der Waals surface area contributed by atoms with Gasteiger partial charge in [-0.25, -0.2) is 0 Å². The van der Waals surface area contributed by atoms with Crippen LogP contribution in [-0.4, -0.2) is 25.0 Å². The van der Waals surface area contributed by atoms with E-state index in [2.05, 4.69) is 10.6 Å². The number of aryl methyl sites for hydroxylation is 1. The largest absolute Gasteiger partial charge is 0.493 e. The molecule has 2 amide bonds. The molecule has 0 aliphatic heterocycles. The number of benzene rings is 2. The fraction of sp³-hybridized carbons (Fsp3) is 0.391. The Labute approximate surface area is 171 Å². The average molecular weight is 396 g/mol. The second-order valence-corrected chi connectivity index (χ2v) is 7.26. The SMILES string of the molecule is CCOc1ccccc1C(=O)NCCCC(=O)NC1CCCc2cc(N)ccc21. The van der Waals surface area contributed by atoms with E-state index in [1.54, 1.807) is 18.2 Å². The van der Waals surface area contributed by atoms with Gasteiger partial charge in [-0.3, -0.25) is 9.59 Å². The summed E-state index contributed by atoms with van der Waals surface area (Å²) in [5, 5.41) is 5.99. The van der Waals surface area contributed by atoms with Crippen molar-refractivity contribution in [3.63, 3.8) is 0 Å². The molecule has 0 heterocycles. The van der Waals surface area contributed by atoms with Crippen molar-refractivity contribution in [3.8, 4) is 5.75 Å². The quantitative estimate of drug-likeness (QED) is 0.472. The van der Waals surface area contributed by atoms with E-state index in [0.717, 1.165) is 24.9 Å². The minimum absolute atomic E-state index is 0.00337. The first kappa shape index (κ1) is 20.7. The van der Waals surface area contributed by atoms with Crippen LogP contribution in [0.4, 0.5) is 5.69 Å². The molecule has 29 heavy (non-hydrogen) atoms. The van der Waals surface area contributed by atoms with E-state index in [1.807, 2.05) is 31.2 Å². The number of nitrogens with one attached hydrogen (secondary N) is 2. The molecule has 0 saturated heterocycles. The number of carbonyl (C=O) groups is 2. The second kappa shape index (κ2) is 9.96. The Balaban J connectivity index is 1.45. The summed E-state index contributed by atoms with van der Waals surface area (Å²) in [6.07, 6.45) is 3.93. The van der Waals surface area contributed by atoms with Gasteiger partial charge in [0, 0.05) is 18.7 Å². The number of carbonyl (C=O) groups excluding carboxylic acids is 2. The first-order chi connectivity index (χ1) is 14.1. The number of hydrogen-bond donors (Lipinski definition) is 3. The molecular formula is C23H29N3O3. The molecule has 2 aromatic rings. The molecule has 1 atom stereocenters. The highest BCUT2D eigenvalue weighted by atomic mass is 16.5. The van der Waals surface area contributed by atoms with Crippen LogP contribution in [0, 0.1) is 0 Å². The minimum Gasteiger partial charge on any atom is -0.493 e.